The number of aliphatic hydroxyl groups excluding tert-OH is 3. The van der Waals surface area contributed by atoms with Gasteiger partial charge in [-0.25, -0.2) is 28.4 Å². The van der Waals surface area contributed by atoms with E-state index in [2.05, 4.69) is 32.8 Å². The van der Waals surface area contributed by atoms with Gasteiger partial charge in [-0.05, 0) is 6.42 Å². The van der Waals surface area contributed by atoms with Gasteiger partial charge < -0.3 is 65.3 Å². The van der Waals surface area contributed by atoms with E-state index in [9.17, 15) is 53.4 Å². The molecule has 2 fully saturated rings. The predicted molar refractivity (Wildman–Crippen MR) is 151 cm³/mol. The lowest BCUT2D eigenvalue weighted by molar-refractivity contribution is -0.221. The number of nitrogens with zero attached hydrogens (tertiary/aromatic N) is 5. The van der Waals surface area contributed by atoms with Gasteiger partial charge in [0.25, 0.3) is 7.82 Å². The van der Waals surface area contributed by atoms with E-state index >= 15 is 0 Å². The van der Waals surface area contributed by atoms with Gasteiger partial charge in [-0.1, -0.05) is 6.08 Å². The summed E-state index contributed by atoms with van der Waals surface area (Å²) >= 11 is 0. The number of imidazole rings is 1. The molecule has 3 aliphatic rings. The Balaban J connectivity index is 1.20. The minimum Gasteiger partial charge on any atom is -0.756 e. The summed E-state index contributed by atoms with van der Waals surface area (Å²) < 4.78 is 66.7. The molecule has 10 unspecified atom stereocenters. The second-order valence-electron chi connectivity index (χ2n) is 10.4. The summed E-state index contributed by atoms with van der Waals surface area (Å²) in [6, 6.07) is 0. The summed E-state index contributed by atoms with van der Waals surface area (Å²) in [7, 11) is -16.6. The van der Waals surface area contributed by atoms with Crippen molar-refractivity contribution < 1.29 is 80.7 Å². The Hall–Kier alpha value is -2.73. The molecular weight excluding hydrogens is 715 g/mol. The number of nitrogen functional groups attached to an aromatic ring is 1. The van der Waals surface area contributed by atoms with Crippen LogP contribution in [0.25, 0.3) is 11.2 Å². The average Bonchev–Trinajstić information content (AvgIpc) is 3.64. The van der Waals surface area contributed by atoms with Crippen LogP contribution in [-0.2, 0) is 45.8 Å². The molecule has 24 nitrogen and oxygen atoms in total. The Labute approximate surface area is 268 Å². The number of nitrogens with two attached hydrogens (primary N) is 2. The van der Waals surface area contributed by atoms with E-state index in [-0.39, 0.29) is 29.0 Å². The molecule has 0 spiro atoms. The van der Waals surface area contributed by atoms with Gasteiger partial charge in [0, 0.05) is 18.0 Å². The fraction of sp³-hybridized carbons (Fsp3) is 0.524. The predicted octanol–water partition coefficient (Wildman–Crippen LogP) is -3.20. The number of carbonyl (C=O) groups excluding carboxylic acids is 1. The van der Waals surface area contributed by atoms with Gasteiger partial charge in [0.1, 0.15) is 48.5 Å². The first-order chi connectivity index (χ1) is 22.4. The Morgan fingerprint density at radius 3 is 2.35 bits per heavy atom. The number of hydrogen-bond donors (Lipinski definition) is 8. The van der Waals surface area contributed by atoms with Crippen molar-refractivity contribution in [3.63, 3.8) is 0 Å². The van der Waals surface area contributed by atoms with Crippen molar-refractivity contribution in [1.29, 1.82) is 0 Å². The number of amides is 1. The first kappa shape index (κ1) is 36.5. The van der Waals surface area contributed by atoms with Crippen LogP contribution in [0.3, 0.4) is 0 Å². The lowest BCUT2D eigenvalue weighted by Crippen LogP contribution is -2.40. The monoisotopic (exact) mass is 744 g/mol. The third-order valence-corrected chi connectivity index (χ3v) is 10.2. The zero-order valence-electron chi connectivity index (χ0n) is 24.0. The van der Waals surface area contributed by atoms with Gasteiger partial charge in [-0.15, -0.1) is 0 Å². The van der Waals surface area contributed by atoms with E-state index in [1.807, 2.05) is 0 Å². The topological polar surface area (TPSA) is 367 Å². The maximum Gasteiger partial charge on any atom is 0.478 e. The molecule has 5 rings (SSSR count). The molecule has 27 heteroatoms. The van der Waals surface area contributed by atoms with Crippen molar-refractivity contribution >= 4 is 46.4 Å². The van der Waals surface area contributed by atoms with Crippen LogP contribution in [0.15, 0.2) is 36.7 Å². The molecule has 10 N–H and O–H groups in total. The van der Waals surface area contributed by atoms with Crippen LogP contribution >= 0.6 is 23.5 Å². The van der Waals surface area contributed by atoms with Crippen LogP contribution in [0, 0.1) is 0 Å². The SMILES string of the molecule is NC(=O)C1=CN(C2OC(COP(=O)([O-])OP(=O)(O)OCC3OC(n4cnc5c(N)ncnc54)C(OP(=O)(O)O)C3O)C(O)C2O)C=CC1. The van der Waals surface area contributed by atoms with Crippen molar-refractivity contribution in [1.82, 2.24) is 24.4 Å². The fourth-order valence-corrected chi connectivity index (χ4v) is 7.53. The number of phosphoric ester groups is 3. The Kier molecular flexibility index (Phi) is 10.6. The van der Waals surface area contributed by atoms with Crippen LogP contribution in [0.5, 0.6) is 0 Å². The lowest BCUT2D eigenvalue weighted by Gasteiger charge is -2.29. The number of aliphatic hydroxyl groups is 3. The zero-order chi connectivity index (χ0) is 35.2. The van der Waals surface area contributed by atoms with Crippen LogP contribution < -0.4 is 16.4 Å². The van der Waals surface area contributed by atoms with E-state index in [1.54, 1.807) is 0 Å². The molecule has 0 saturated carbocycles. The highest BCUT2D eigenvalue weighted by molar-refractivity contribution is 7.60. The summed E-state index contributed by atoms with van der Waals surface area (Å²) in [6.07, 6.45) is -6.70. The summed E-state index contributed by atoms with van der Waals surface area (Å²) in [5, 5.41) is 31.5. The van der Waals surface area contributed by atoms with E-state index in [0.717, 1.165) is 17.2 Å². The highest BCUT2D eigenvalue weighted by Crippen LogP contribution is 2.58. The van der Waals surface area contributed by atoms with Gasteiger partial charge >= 0.3 is 15.6 Å². The van der Waals surface area contributed by atoms with Crippen LogP contribution in [0.2, 0.25) is 0 Å². The number of hydrogen-bond acceptors (Lipinski definition) is 19. The highest BCUT2D eigenvalue weighted by Gasteiger charge is 2.50. The molecule has 0 radical (unpaired) electrons. The quantitative estimate of drug-likeness (QED) is 0.0936. The first-order valence-corrected chi connectivity index (χ1v) is 18.0. The van der Waals surface area contributed by atoms with Gasteiger partial charge in [-0.3, -0.25) is 23.0 Å². The van der Waals surface area contributed by atoms with Gasteiger partial charge in [0.15, 0.2) is 23.9 Å². The highest BCUT2D eigenvalue weighted by atomic mass is 31.3. The third kappa shape index (κ3) is 8.17. The molecule has 2 saturated heterocycles. The van der Waals surface area contributed by atoms with Gasteiger partial charge in [-0.2, -0.15) is 0 Å². The molecule has 48 heavy (non-hydrogen) atoms. The molecule has 3 aliphatic heterocycles. The number of rotatable bonds is 13. The summed E-state index contributed by atoms with van der Waals surface area (Å²) in [6.45, 7) is -2.11. The second-order valence-corrected chi connectivity index (χ2v) is 14.6. The van der Waals surface area contributed by atoms with E-state index in [4.69, 9.17) is 20.9 Å². The number of allylic oxidation sites excluding steroid dienone is 1. The van der Waals surface area contributed by atoms with Crippen LogP contribution in [0.4, 0.5) is 5.82 Å². The van der Waals surface area contributed by atoms with Crippen LogP contribution in [0.1, 0.15) is 12.6 Å². The molecule has 266 valence electrons. The molecule has 0 bridgehead atoms. The molecule has 10 atom stereocenters. The van der Waals surface area contributed by atoms with E-state index in [1.165, 1.54) is 23.4 Å². The minimum absolute atomic E-state index is 0.00402. The molecule has 5 heterocycles. The van der Waals surface area contributed by atoms with Crippen molar-refractivity contribution in [2.45, 2.75) is 55.5 Å². The van der Waals surface area contributed by atoms with Crippen molar-refractivity contribution in [2.75, 3.05) is 18.9 Å². The second kappa shape index (κ2) is 13.9. The average molecular weight is 744 g/mol. The fourth-order valence-electron chi connectivity index (χ4n) is 4.93. The maximum absolute atomic E-state index is 12.5. The first-order valence-electron chi connectivity index (χ1n) is 13.5. The summed E-state index contributed by atoms with van der Waals surface area (Å²) in [5.41, 5.74) is 11.2. The normalized spacial score (nSPS) is 31.9. The zero-order valence-corrected chi connectivity index (χ0v) is 26.7. The molecule has 0 aliphatic carbocycles. The summed E-state index contributed by atoms with van der Waals surface area (Å²) in [5.74, 6) is -0.805. The van der Waals surface area contributed by atoms with Crippen LogP contribution in [-0.4, -0.2) is 116 Å². The van der Waals surface area contributed by atoms with Crippen molar-refractivity contribution in [3.8, 4) is 0 Å². The number of ether oxygens (including phenoxy) is 2. The number of carbonyl (C=O) groups is 1. The molecule has 2 aromatic heterocycles. The van der Waals surface area contributed by atoms with E-state index in [0.29, 0.717) is 0 Å². The van der Waals surface area contributed by atoms with Gasteiger partial charge in [0.2, 0.25) is 5.91 Å². The number of primary amides is 1. The van der Waals surface area contributed by atoms with E-state index < -0.39 is 91.7 Å². The summed E-state index contributed by atoms with van der Waals surface area (Å²) in [4.78, 5) is 65.7. The number of phosphoric acid groups is 3. The van der Waals surface area contributed by atoms with Crippen molar-refractivity contribution in [2.24, 2.45) is 5.73 Å². The lowest BCUT2D eigenvalue weighted by atomic mass is 10.1. The molecule has 2 aromatic rings. The standard InChI is InChI=1S/C21H30N7O17P3/c22-17-12-19(25-7-24-17)28(8-26-12)21-16(44-46(33,34)35)14(30)11(43-21)6-41-48(38,39)45-47(36,37)40-5-10-13(29)15(31)20(42-10)27-3-1-2-9(4-27)18(23)32/h1,3-4,7-8,10-11,13-16,20-21,29-31H,2,5-6H2,(H2,23,32)(H,36,37)(H,38,39)(H2,22,24,25)(H2,33,34,35)/p-1. The Bertz CT molecular complexity index is 1740. The minimum atomic E-state index is -5.72. The largest absolute Gasteiger partial charge is 0.756 e. The maximum atomic E-state index is 12.5. The smallest absolute Gasteiger partial charge is 0.478 e. The molecule has 0 aromatic carbocycles. The Morgan fingerprint density at radius 1 is 1.00 bits per heavy atom. The van der Waals surface area contributed by atoms with Crippen molar-refractivity contribution in [3.05, 3.63) is 36.7 Å². The van der Waals surface area contributed by atoms with Gasteiger partial charge in [0.05, 0.1) is 19.5 Å². The number of fused-ring (bicyclic) bond motifs is 1. The molecular formula is C21H29N7O17P3-. The third-order valence-electron chi connectivity index (χ3n) is 7.10. The number of anilines is 1. The molecule has 1 amide bonds. The number of aromatic nitrogens is 4. The Morgan fingerprint density at radius 2 is 1.67 bits per heavy atom.